The van der Waals surface area contributed by atoms with Crippen molar-refractivity contribution < 1.29 is 4.74 Å². The van der Waals surface area contributed by atoms with Crippen molar-refractivity contribution in [3.63, 3.8) is 0 Å². The predicted molar refractivity (Wildman–Crippen MR) is 74.5 cm³/mol. The van der Waals surface area contributed by atoms with E-state index in [0.29, 0.717) is 18.0 Å². The maximum atomic E-state index is 8.99. The van der Waals surface area contributed by atoms with Gasteiger partial charge in [-0.2, -0.15) is 5.26 Å². The van der Waals surface area contributed by atoms with Gasteiger partial charge in [0.2, 0.25) is 0 Å². The molecular formula is C15H15N3O. The number of ether oxygens (including phenoxy) is 1. The van der Waals surface area contributed by atoms with E-state index in [-0.39, 0.29) is 0 Å². The van der Waals surface area contributed by atoms with Crippen LogP contribution in [0.3, 0.4) is 0 Å². The third-order valence-electron chi connectivity index (χ3n) is 2.52. The Kier molecular flexibility index (Phi) is 4.35. The smallest absolute Gasteiger partial charge is 0.148 e. The Morgan fingerprint density at radius 3 is 2.74 bits per heavy atom. The summed E-state index contributed by atoms with van der Waals surface area (Å²) in [5, 5.41) is 12.1. The van der Waals surface area contributed by atoms with E-state index in [1.165, 1.54) is 0 Å². The molecule has 4 nitrogen and oxygen atoms in total. The van der Waals surface area contributed by atoms with Crippen LogP contribution >= 0.6 is 0 Å². The minimum absolute atomic E-state index is 0.522. The average molecular weight is 253 g/mol. The molecular weight excluding hydrogens is 238 g/mol. The van der Waals surface area contributed by atoms with Crippen LogP contribution in [0, 0.1) is 11.3 Å². The van der Waals surface area contributed by atoms with Gasteiger partial charge in [-0.25, -0.2) is 4.98 Å². The highest BCUT2D eigenvalue weighted by molar-refractivity contribution is 5.62. The fourth-order valence-electron chi connectivity index (χ4n) is 1.59. The number of benzene rings is 1. The van der Waals surface area contributed by atoms with Gasteiger partial charge in [0.1, 0.15) is 17.6 Å². The van der Waals surface area contributed by atoms with Crippen LogP contribution in [0.25, 0.3) is 0 Å². The average Bonchev–Trinajstić information content (AvgIpc) is 2.47. The van der Waals surface area contributed by atoms with Gasteiger partial charge in [0, 0.05) is 11.9 Å². The molecule has 0 aliphatic rings. The zero-order valence-electron chi connectivity index (χ0n) is 10.8. The van der Waals surface area contributed by atoms with Gasteiger partial charge in [-0.3, -0.25) is 0 Å². The highest BCUT2D eigenvalue weighted by Crippen LogP contribution is 2.20. The van der Waals surface area contributed by atoms with Crippen molar-refractivity contribution in [2.75, 3.05) is 11.9 Å². The first-order chi connectivity index (χ1) is 9.33. The number of nitrogens with zero attached hydrogens (tertiary/aromatic N) is 2. The Hall–Kier alpha value is -2.54. The van der Waals surface area contributed by atoms with Crippen LogP contribution < -0.4 is 10.1 Å². The van der Waals surface area contributed by atoms with E-state index >= 15 is 0 Å². The molecule has 0 saturated heterocycles. The van der Waals surface area contributed by atoms with Crippen molar-refractivity contribution in [3.05, 3.63) is 48.2 Å². The standard InChI is InChI=1S/C15H15N3O/c1-2-10-19-14-7-5-13(6-8-14)18-15-12(11-16)4-3-9-17-15/h3-9H,2,10H2,1H3,(H,17,18). The molecule has 0 atom stereocenters. The SMILES string of the molecule is CCCOc1ccc(Nc2ncccc2C#N)cc1. The summed E-state index contributed by atoms with van der Waals surface area (Å²) in [7, 11) is 0. The Bertz CT molecular complexity index is 573. The maximum Gasteiger partial charge on any atom is 0.148 e. The Balaban J connectivity index is 2.09. The Labute approximate surface area is 112 Å². The number of hydrogen-bond acceptors (Lipinski definition) is 4. The molecule has 0 bridgehead atoms. The lowest BCUT2D eigenvalue weighted by molar-refractivity contribution is 0.317. The van der Waals surface area contributed by atoms with Crippen molar-refractivity contribution in [1.82, 2.24) is 4.98 Å². The zero-order valence-corrected chi connectivity index (χ0v) is 10.8. The first-order valence-electron chi connectivity index (χ1n) is 6.18. The largest absolute Gasteiger partial charge is 0.494 e. The van der Waals surface area contributed by atoms with Crippen LogP contribution in [0.4, 0.5) is 11.5 Å². The van der Waals surface area contributed by atoms with Crippen molar-refractivity contribution in [1.29, 1.82) is 5.26 Å². The molecule has 1 aromatic carbocycles. The fraction of sp³-hybridized carbons (Fsp3) is 0.200. The predicted octanol–water partition coefficient (Wildman–Crippen LogP) is 3.49. The van der Waals surface area contributed by atoms with E-state index in [1.807, 2.05) is 24.3 Å². The molecule has 0 aliphatic carbocycles. The van der Waals surface area contributed by atoms with E-state index in [9.17, 15) is 0 Å². The summed E-state index contributed by atoms with van der Waals surface area (Å²) in [6, 6.07) is 13.2. The molecule has 96 valence electrons. The molecule has 1 aromatic heterocycles. The van der Waals surface area contributed by atoms with Gasteiger partial charge in [-0.1, -0.05) is 6.92 Å². The maximum absolute atomic E-state index is 8.99. The summed E-state index contributed by atoms with van der Waals surface area (Å²) < 4.78 is 5.51. The number of nitriles is 1. The van der Waals surface area contributed by atoms with Crippen molar-refractivity contribution in [2.45, 2.75) is 13.3 Å². The molecule has 0 fully saturated rings. The fourth-order valence-corrected chi connectivity index (χ4v) is 1.59. The second-order valence-corrected chi connectivity index (χ2v) is 4.01. The lowest BCUT2D eigenvalue weighted by atomic mass is 10.2. The third-order valence-corrected chi connectivity index (χ3v) is 2.52. The van der Waals surface area contributed by atoms with Crippen molar-refractivity contribution in [3.8, 4) is 11.8 Å². The Morgan fingerprint density at radius 1 is 1.26 bits per heavy atom. The summed E-state index contributed by atoms with van der Waals surface area (Å²) in [5.74, 6) is 1.40. The van der Waals surface area contributed by atoms with E-state index in [4.69, 9.17) is 10.00 Å². The van der Waals surface area contributed by atoms with Crippen LogP contribution in [-0.4, -0.2) is 11.6 Å². The molecule has 0 radical (unpaired) electrons. The first-order valence-corrected chi connectivity index (χ1v) is 6.18. The second-order valence-electron chi connectivity index (χ2n) is 4.01. The van der Waals surface area contributed by atoms with E-state index in [0.717, 1.165) is 17.9 Å². The number of rotatable bonds is 5. The van der Waals surface area contributed by atoms with Crippen LogP contribution in [0.1, 0.15) is 18.9 Å². The minimum atomic E-state index is 0.522. The molecule has 2 rings (SSSR count). The van der Waals surface area contributed by atoms with Gasteiger partial charge in [0.05, 0.1) is 12.2 Å². The highest BCUT2D eigenvalue weighted by Gasteiger charge is 2.02. The number of pyridine rings is 1. The molecule has 1 heterocycles. The van der Waals surface area contributed by atoms with Gasteiger partial charge >= 0.3 is 0 Å². The molecule has 4 heteroatoms. The molecule has 1 N–H and O–H groups in total. The van der Waals surface area contributed by atoms with Gasteiger partial charge in [-0.15, -0.1) is 0 Å². The van der Waals surface area contributed by atoms with Gasteiger partial charge in [0.25, 0.3) is 0 Å². The van der Waals surface area contributed by atoms with Crippen LogP contribution in [0.2, 0.25) is 0 Å². The molecule has 0 aliphatic heterocycles. The molecule has 0 amide bonds. The molecule has 0 spiro atoms. The summed E-state index contributed by atoms with van der Waals surface area (Å²) in [6.45, 7) is 2.78. The minimum Gasteiger partial charge on any atom is -0.494 e. The second kappa shape index (κ2) is 6.41. The molecule has 2 aromatic rings. The number of hydrogen-bond donors (Lipinski definition) is 1. The summed E-state index contributed by atoms with van der Waals surface area (Å²) >= 11 is 0. The molecule has 0 unspecified atom stereocenters. The van der Waals surface area contributed by atoms with E-state index < -0.39 is 0 Å². The van der Waals surface area contributed by atoms with Gasteiger partial charge < -0.3 is 10.1 Å². The number of anilines is 2. The topological polar surface area (TPSA) is 57.9 Å². The number of nitrogens with one attached hydrogen (secondary N) is 1. The highest BCUT2D eigenvalue weighted by atomic mass is 16.5. The molecule has 19 heavy (non-hydrogen) atoms. The molecule has 0 saturated carbocycles. The van der Waals surface area contributed by atoms with E-state index in [1.54, 1.807) is 18.3 Å². The third kappa shape index (κ3) is 3.46. The van der Waals surface area contributed by atoms with Gasteiger partial charge in [-0.05, 0) is 42.8 Å². The first kappa shape index (κ1) is 12.9. The summed E-state index contributed by atoms with van der Waals surface area (Å²) in [6.07, 6.45) is 2.64. The monoisotopic (exact) mass is 253 g/mol. The number of aromatic nitrogens is 1. The van der Waals surface area contributed by atoms with Crippen molar-refractivity contribution >= 4 is 11.5 Å². The van der Waals surface area contributed by atoms with E-state index in [2.05, 4.69) is 23.3 Å². The van der Waals surface area contributed by atoms with Crippen LogP contribution in [0.5, 0.6) is 5.75 Å². The lowest BCUT2D eigenvalue weighted by Crippen LogP contribution is -1.97. The summed E-state index contributed by atoms with van der Waals surface area (Å²) in [4.78, 5) is 4.15. The quantitative estimate of drug-likeness (QED) is 0.886. The van der Waals surface area contributed by atoms with Crippen LogP contribution in [0.15, 0.2) is 42.6 Å². The normalized spacial score (nSPS) is 9.68. The lowest BCUT2D eigenvalue weighted by Gasteiger charge is -2.08. The van der Waals surface area contributed by atoms with Crippen LogP contribution in [-0.2, 0) is 0 Å². The van der Waals surface area contributed by atoms with Crippen molar-refractivity contribution in [2.24, 2.45) is 0 Å². The van der Waals surface area contributed by atoms with Gasteiger partial charge in [0.15, 0.2) is 0 Å². The summed E-state index contributed by atoms with van der Waals surface area (Å²) in [5.41, 5.74) is 1.40. The zero-order chi connectivity index (χ0) is 13.5. The Morgan fingerprint density at radius 2 is 2.05 bits per heavy atom.